The van der Waals surface area contributed by atoms with E-state index in [0.717, 1.165) is 29.0 Å². The maximum absolute atomic E-state index is 13.1. The van der Waals surface area contributed by atoms with Gasteiger partial charge < -0.3 is 10.0 Å². The molecule has 0 radical (unpaired) electrons. The number of hydrogen-bond donors (Lipinski definition) is 3. The smallest absolute Gasteiger partial charge is 0.253 e. The molecule has 1 aliphatic carbocycles. The summed E-state index contributed by atoms with van der Waals surface area (Å²) in [4.78, 5) is 13.1. The Morgan fingerprint density at radius 3 is 2.25 bits per heavy atom. The minimum atomic E-state index is -1.42. The number of anilines is 1. The average Bonchev–Trinajstić information content (AvgIpc) is 2.97. The molecular weight excluding hydrogens is 583 g/mol. The first-order valence-corrected chi connectivity index (χ1v) is 16.7. The van der Waals surface area contributed by atoms with Crippen LogP contribution in [0, 0.1) is 6.92 Å². The van der Waals surface area contributed by atoms with Crippen LogP contribution in [-0.4, -0.2) is 21.1 Å². The van der Waals surface area contributed by atoms with Crippen LogP contribution in [0.3, 0.4) is 0 Å². The summed E-state index contributed by atoms with van der Waals surface area (Å²) < 4.78 is 20.2. The van der Waals surface area contributed by atoms with Gasteiger partial charge in [0.1, 0.15) is 11.0 Å². The van der Waals surface area contributed by atoms with Crippen molar-refractivity contribution in [3.05, 3.63) is 75.3 Å². The molecule has 0 spiro atoms. The topological polar surface area (TPSA) is 96.6 Å². The molecule has 2 aromatic rings. The molecule has 6 nitrogen and oxygen atoms in total. The number of aryl methyl sites for hydroxylation is 1. The second-order valence-electron chi connectivity index (χ2n) is 7.46. The van der Waals surface area contributed by atoms with E-state index >= 15 is 0 Å². The van der Waals surface area contributed by atoms with Gasteiger partial charge in [0.05, 0.1) is 40.4 Å². The van der Waals surface area contributed by atoms with E-state index in [2.05, 4.69) is 14.4 Å². The van der Waals surface area contributed by atoms with Crippen molar-refractivity contribution in [1.29, 1.82) is 0 Å². The normalized spacial score (nSPS) is 15.7. The highest BCUT2D eigenvalue weighted by molar-refractivity contribution is 7.95. The Hall–Kier alpha value is -1.84. The standard InChI is InChI=1S/C22H24Cl2N4O2S2.4C2H6/c1-13-6-8-19(22(29)26-14(2)18-9-7-15(23)11-20(18)24)21(10-13)28-32(30)17-5-3-4-16(12-17)27-31-25;4*1-2/h3-4,6-11,14,17,28H,5,12,25H2,1-2H3,(H,26,29);4*1-2H3/b27-16-;;;;/t14-,17?,32?;;;;/m1..../s1. The van der Waals surface area contributed by atoms with E-state index in [1.165, 1.54) is 0 Å². The number of allylic oxidation sites excluding steroid dienone is 2. The summed E-state index contributed by atoms with van der Waals surface area (Å²) in [5.41, 5.74) is 3.41. The van der Waals surface area contributed by atoms with Crippen LogP contribution in [0.5, 0.6) is 0 Å². The molecule has 0 saturated carbocycles. The third-order valence-corrected chi connectivity index (χ3v) is 7.31. The van der Waals surface area contributed by atoms with Crippen LogP contribution in [0.2, 0.25) is 10.0 Å². The molecule has 0 saturated heterocycles. The van der Waals surface area contributed by atoms with E-state index in [9.17, 15) is 9.00 Å². The van der Waals surface area contributed by atoms with Crippen LogP contribution >= 0.6 is 35.3 Å². The van der Waals surface area contributed by atoms with Gasteiger partial charge in [-0.05, 0) is 61.7 Å². The number of nitrogens with one attached hydrogen (secondary N) is 2. The highest BCUT2D eigenvalue weighted by Crippen LogP contribution is 2.27. The average molecular weight is 632 g/mol. The van der Waals surface area contributed by atoms with Gasteiger partial charge in [-0.25, -0.2) is 8.61 Å². The largest absolute Gasteiger partial charge is 0.345 e. The molecule has 0 heterocycles. The number of carbonyl (C=O) groups excluding carboxylic acids is 1. The van der Waals surface area contributed by atoms with Crippen molar-refractivity contribution in [3.8, 4) is 0 Å². The molecule has 1 amide bonds. The lowest BCUT2D eigenvalue weighted by molar-refractivity contribution is 0.0941. The van der Waals surface area contributed by atoms with E-state index in [0.29, 0.717) is 34.1 Å². The molecule has 3 rings (SSSR count). The van der Waals surface area contributed by atoms with Crippen molar-refractivity contribution in [1.82, 2.24) is 5.32 Å². The van der Waals surface area contributed by atoms with Gasteiger partial charge in [-0.2, -0.15) is 0 Å². The van der Waals surface area contributed by atoms with E-state index in [4.69, 9.17) is 28.3 Å². The first-order valence-electron chi connectivity index (χ1n) is 13.9. The fourth-order valence-electron chi connectivity index (χ4n) is 3.38. The summed E-state index contributed by atoms with van der Waals surface area (Å²) in [5, 5.41) is 9.21. The third-order valence-electron chi connectivity index (χ3n) is 5.03. The summed E-state index contributed by atoms with van der Waals surface area (Å²) in [6.45, 7) is 19.8. The number of halogens is 2. The summed E-state index contributed by atoms with van der Waals surface area (Å²) in [6.07, 6.45) is 5.01. The molecule has 2 unspecified atom stereocenters. The second kappa shape index (κ2) is 23.8. The number of benzene rings is 2. The lowest BCUT2D eigenvalue weighted by Gasteiger charge is -2.21. The maximum atomic E-state index is 13.1. The van der Waals surface area contributed by atoms with Crippen LogP contribution < -0.4 is 15.2 Å². The Morgan fingerprint density at radius 1 is 1.05 bits per heavy atom. The zero-order chi connectivity index (χ0) is 31.3. The van der Waals surface area contributed by atoms with Gasteiger partial charge >= 0.3 is 0 Å². The van der Waals surface area contributed by atoms with Gasteiger partial charge in [-0.1, -0.05) is 96.8 Å². The Morgan fingerprint density at radius 2 is 1.68 bits per heavy atom. The predicted molar refractivity (Wildman–Crippen MR) is 182 cm³/mol. The van der Waals surface area contributed by atoms with Gasteiger partial charge in [0.2, 0.25) is 0 Å². The second-order valence-corrected chi connectivity index (χ2v) is 10.2. The number of hydrogen-bond acceptors (Lipinski definition) is 5. The van der Waals surface area contributed by atoms with Gasteiger partial charge in [-0.3, -0.25) is 9.93 Å². The fourth-order valence-corrected chi connectivity index (χ4v) is 5.38. The van der Waals surface area contributed by atoms with E-state index < -0.39 is 11.0 Å². The summed E-state index contributed by atoms with van der Waals surface area (Å²) in [7, 11) is -1.42. The molecule has 0 aliphatic heterocycles. The first-order chi connectivity index (χ1) is 19.3. The number of rotatable bonds is 7. The highest BCUT2D eigenvalue weighted by atomic mass is 35.5. The minimum Gasteiger partial charge on any atom is -0.345 e. The molecular formula is C30H48Cl2N4O2S2. The summed E-state index contributed by atoms with van der Waals surface area (Å²) >= 11 is 13.1. The molecule has 1 aliphatic rings. The molecule has 0 bridgehead atoms. The molecule has 4 N–H and O–H groups in total. The molecule has 3 atom stereocenters. The zero-order valence-electron chi connectivity index (χ0n) is 25.6. The zero-order valence-corrected chi connectivity index (χ0v) is 28.7. The van der Waals surface area contributed by atoms with Crippen molar-refractivity contribution >= 4 is 63.6 Å². The van der Waals surface area contributed by atoms with Gasteiger partial charge in [-0.15, -0.1) is 0 Å². The Bertz CT molecular complexity index is 1100. The van der Waals surface area contributed by atoms with Crippen LogP contribution in [-0.2, 0) is 11.0 Å². The van der Waals surface area contributed by atoms with Gasteiger partial charge in [0, 0.05) is 16.5 Å². The van der Waals surface area contributed by atoms with E-state index in [-0.39, 0.29) is 17.2 Å². The molecule has 2 aromatic carbocycles. The lowest BCUT2D eigenvalue weighted by Crippen LogP contribution is -2.29. The monoisotopic (exact) mass is 630 g/mol. The SMILES string of the molecule is CC.CC.CC.CC.Cc1ccc(C(=O)N[C@H](C)c2ccc(Cl)cc2Cl)c(NS(=O)C2CC=C/C(=N/SN)C2)c1. The van der Waals surface area contributed by atoms with Crippen LogP contribution in [0.15, 0.2) is 52.9 Å². The molecule has 40 heavy (non-hydrogen) atoms. The van der Waals surface area contributed by atoms with Crippen molar-refractivity contribution in [3.63, 3.8) is 0 Å². The Labute approximate surface area is 259 Å². The highest BCUT2D eigenvalue weighted by Gasteiger charge is 2.23. The summed E-state index contributed by atoms with van der Waals surface area (Å²) in [6, 6.07) is 10.2. The van der Waals surface area contributed by atoms with Crippen molar-refractivity contribution < 1.29 is 9.00 Å². The van der Waals surface area contributed by atoms with Crippen molar-refractivity contribution in [2.45, 2.75) is 93.4 Å². The number of amides is 1. The quantitative estimate of drug-likeness (QED) is 0.265. The Kier molecular flexibility index (Phi) is 24.0. The number of nitrogens with two attached hydrogens (primary N) is 1. The lowest BCUT2D eigenvalue weighted by atomic mass is 10.1. The van der Waals surface area contributed by atoms with Crippen LogP contribution in [0.4, 0.5) is 5.69 Å². The van der Waals surface area contributed by atoms with Crippen molar-refractivity contribution in [2.75, 3.05) is 4.72 Å². The molecule has 0 aromatic heterocycles. The number of nitrogens with zero attached hydrogens (tertiary/aromatic N) is 1. The maximum Gasteiger partial charge on any atom is 0.253 e. The van der Waals surface area contributed by atoms with Crippen LogP contribution in [0.1, 0.15) is 103 Å². The van der Waals surface area contributed by atoms with Crippen molar-refractivity contribution in [2.24, 2.45) is 9.54 Å². The first kappa shape index (κ1) is 40.3. The minimum absolute atomic E-state index is 0.172. The van der Waals surface area contributed by atoms with E-state index in [1.807, 2.05) is 93.5 Å². The van der Waals surface area contributed by atoms with Gasteiger partial charge in [0.25, 0.3) is 5.91 Å². The Balaban J connectivity index is 0. The van der Waals surface area contributed by atoms with E-state index in [1.54, 1.807) is 24.3 Å². The number of carbonyl (C=O) groups is 1. The van der Waals surface area contributed by atoms with Gasteiger partial charge in [0.15, 0.2) is 0 Å². The van der Waals surface area contributed by atoms with Crippen LogP contribution in [0.25, 0.3) is 0 Å². The fraction of sp³-hybridized carbons (Fsp3) is 0.467. The predicted octanol–water partition coefficient (Wildman–Crippen LogP) is 9.65. The molecule has 226 valence electrons. The molecule has 0 fully saturated rings. The third kappa shape index (κ3) is 13.7. The molecule has 10 heteroatoms. The summed E-state index contributed by atoms with van der Waals surface area (Å²) in [5.74, 6) is -0.298.